The predicted octanol–water partition coefficient (Wildman–Crippen LogP) is 2.02. The van der Waals surface area contributed by atoms with Crippen LogP contribution in [0.1, 0.15) is 18.6 Å². The normalized spacial score (nSPS) is 14.6. The van der Waals surface area contributed by atoms with Crippen LogP contribution in [0.5, 0.6) is 0 Å². The topological polar surface area (TPSA) is 32.3 Å². The Morgan fingerprint density at radius 1 is 1.60 bits per heavy atom. The summed E-state index contributed by atoms with van der Waals surface area (Å²) in [7, 11) is 0. The third kappa shape index (κ3) is 3.81. The number of aliphatic hydroxyl groups excluding tert-OH is 1. The number of aliphatic hydroxyl groups is 1. The van der Waals surface area contributed by atoms with Gasteiger partial charge in [-0.25, -0.2) is 4.39 Å². The molecule has 0 amide bonds. The second-order valence-electron chi connectivity index (χ2n) is 3.50. The molecule has 0 aromatic heterocycles. The van der Waals surface area contributed by atoms with Crippen molar-refractivity contribution in [3.05, 3.63) is 48.3 Å². The summed E-state index contributed by atoms with van der Waals surface area (Å²) < 4.78 is 12.8. The molecule has 1 rings (SSSR count). The second kappa shape index (κ2) is 5.63. The van der Waals surface area contributed by atoms with Crippen molar-refractivity contribution in [2.45, 2.75) is 19.1 Å². The van der Waals surface area contributed by atoms with E-state index in [0.717, 1.165) is 0 Å². The van der Waals surface area contributed by atoms with Crippen molar-refractivity contribution in [2.24, 2.45) is 0 Å². The van der Waals surface area contributed by atoms with Gasteiger partial charge in [0.2, 0.25) is 0 Å². The Morgan fingerprint density at radius 2 is 2.33 bits per heavy atom. The van der Waals surface area contributed by atoms with Gasteiger partial charge in [0.15, 0.2) is 0 Å². The molecule has 2 unspecified atom stereocenters. The minimum atomic E-state index is -0.692. The average Bonchev–Trinajstić information content (AvgIpc) is 2.25. The molecule has 15 heavy (non-hydrogen) atoms. The Hall–Kier alpha value is -1.19. The van der Waals surface area contributed by atoms with Gasteiger partial charge in [-0.15, -0.1) is 6.58 Å². The van der Waals surface area contributed by atoms with Crippen LogP contribution in [-0.2, 0) is 0 Å². The SMILES string of the molecule is C=CC(C)NCC(O)c1cccc(F)c1. The van der Waals surface area contributed by atoms with Gasteiger partial charge in [0.05, 0.1) is 6.10 Å². The smallest absolute Gasteiger partial charge is 0.123 e. The molecular formula is C12H16FNO. The number of rotatable bonds is 5. The Labute approximate surface area is 89.4 Å². The van der Waals surface area contributed by atoms with Crippen molar-refractivity contribution in [3.63, 3.8) is 0 Å². The molecule has 0 fully saturated rings. The van der Waals surface area contributed by atoms with E-state index < -0.39 is 6.10 Å². The zero-order valence-corrected chi connectivity index (χ0v) is 8.78. The maximum atomic E-state index is 12.8. The molecule has 0 saturated carbocycles. The molecule has 1 aromatic carbocycles. The molecule has 0 aliphatic carbocycles. The van der Waals surface area contributed by atoms with E-state index in [1.54, 1.807) is 18.2 Å². The standard InChI is InChI=1S/C12H16FNO/c1-3-9(2)14-8-12(15)10-5-4-6-11(13)7-10/h3-7,9,12,14-15H,1,8H2,2H3. The summed E-state index contributed by atoms with van der Waals surface area (Å²) in [6, 6.07) is 6.12. The van der Waals surface area contributed by atoms with Crippen LogP contribution in [0.3, 0.4) is 0 Å². The Balaban J connectivity index is 2.53. The van der Waals surface area contributed by atoms with E-state index in [1.807, 2.05) is 6.92 Å². The molecule has 2 atom stereocenters. The molecule has 3 heteroatoms. The van der Waals surface area contributed by atoms with Crippen molar-refractivity contribution < 1.29 is 9.50 Å². The number of benzene rings is 1. The maximum Gasteiger partial charge on any atom is 0.123 e. The largest absolute Gasteiger partial charge is 0.387 e. The zero-order chi connectivity index (χ0) is 11.3. The maximum absolute atomic E-state index is 12.8. The highest BCUT2D eigenvalue weighted by molar-refractivity contribution is 5.19. The average molecular weight is 209 g/mol. The summed E-state index contributed by atoms with van der Waals surface area (Å²) in [4.78, 5) is 0. The quantitative estimate of drug-likeness (QED) is 0.727. The van der Waals surface area contributed by atoms with Crippen LogP contribution in [0.25, 0.3) is 0 Å². The fourth-order valence-electron chi connectivity index (χ4n) is 1.21. The van der Waals surface area contributed by atoms with E-state index >= 15 is 0 Å². The molecule has 2 nitrogen and oxygen atoms in total. The lowest BCUT2D eigenvalue weighted by Gasteiger charge is -2.14. The van der Waals surface area contributed by atoms with Gasteiger partial charge in [-0.2, -0.15) is 0 Å². The van der Waals surface area contributed by atoms with Crippen LogP contribution in [0, 0.1) is 5.82 Å². The highest BCUT2D eigenvalue weighted by Crippen LogP contribution is 2.13. The fourth-order valence-corrected chi connectivity index (χ4v) is 1.21. The summed E-state index contributed by atoms with van der Waals surface area (Å²) in [5.41, 5.74) is 0.582. The van der Waals surface area contributed by atoms with Crippen molar-refractivity contribution >= 4 is 0 Å². The van der Waals surface area contributed by atoms with Gasteiger partial charge in [-0.3, -0.25) is 0 Å². The van der Waals surface area contributed by atoms with Crippen molar-refractivity contribution in [2.75, 3.05) is 6.54 Å². The molecule has 0 heterocycles. The third-order valence-electron chi connectivity index (χ3n) is 2.22. The van der Waals surface area contributed by atoms with E-state index in [-0.39, 0.29) is 11.9 Å². The van der Waals surface area contributed by atoms with Crippen LogP contribution in [0.15, 0.2) is 36.9 Å². The Kier molecular flexibility index (Phi) is 4.46. The monoisotopic (exact) mass is 209 g/mol. The number of hydrogen-bond donors (Lipinski definition) is 2. The van der Waals surface area contributed by atoms with E-state index in [1.165, 1.54) is 12.1 Å². The number of nitrogens with one attached hydrogen (secondary N) is 1. The molecule has 82 valence electrons. The molecule has 0 saturated heterocycles. The van der Waals surface area contributed by atoms with E-state index in [9.17, 15) is 9.50 Å². The molecule has 0 bridgehead atoms. The van der Waals surface area contributed by atoms with Crippen LogP contribution in [0.2, 0.25) is 0 Å². The second-order valence-corrected chi connectivity index (χ2v) is 3.50. The first-order chi connectivity index (χ1) is 7.13. The summed E-state index contributed by atoms with van der Waals surface area (Å²) in [6.07, 6.45) is 1.06. The molecule has 0 radical (unpaired) electrons. The van der Waals surface area contributed by atoms with Gasteiger partial charge in [-0.05, 0) is 24.6 Å². The highest BCUT2D eigenvalue weighted by Gasteiger charge is 2.08. The van der Waals surface area contributed by atoms with Crippen LogP contribution in [0.4, 0.5) is 4.39 Å². The van der Waals surface area contributed by atoms with Crippen LogP contribution < -0.4 is 5.32 Å². The first kappa shape index (κ1) is 11.9. The highest BCUT2D eigenvalue weighted by atomic mass is 19.1. The van der Waals surface area contributed by atoms with Gasteiger partial charge in [0, 0.05) is 12.6 Å². The minimum absolute atomic E-state index is 0.133. The molecular weight excluding hydrogens is 193 g/mol. The van der Waals surface area contributed by atoms with E-state index in [4.69, 9.17) is 0 Å². The van der Waals surface area contributed by atoms with Gasteiger partial charge in [0.1, 0.15) is 5.82 Å². The third-order valence-corrected chi connectivity index (χ3v) is 2.22. The Bertz CT molecular complexity index is 327. The van der Waals surface area contributed by atoms with E-state index in [2.05, 4.69) is 11.9 Å². The van der Waals surface area contributed by atoms with Crippen molar-refractivity contribution in [3.8, 4) is 0 Å². The fraction of sp³-hybridized carbons (Fsp3) is 0.333. The molecule has 0 aliphatic rings. The van der Waals surface area contributed by atoms with Crippen LogP contribution in [-0.4, -0.2) is 17.7 Å². The summed E-state index contributed by atoms with van der Waals surface area (Å²) in [6.45, 7) is 5.94. The molecule has 0 aliphatic heterocycles. The lowest BCUT2D eigenvalue weighted by molar-refractivity contribution is 0.172. The van der Waals surface area contributed by atoms with Gasteiger partial charge in [0.25, 0.3) is 0 Å². The molecule has 0 spiro atoms. The van der Waals surface area contributed by atoms with Crippen molar-refractivity contribution in [1.82, 2.24) is 5.32 Å². The molecule has 2 N–H and O–H groups in total. The van der Waals surface area contributed by atoms with Crippen molar-refractivity contribution in [1.29, 1.82) is 0 Å². The molecule has 1 aromatic rings. The van der Waals surface area contributed by atoms with Gasteiger partial charge >= 0.3 is 0 Å². The zero-order valence-electron chi connectivity index (χ0n) is 8.78. The number of halogens is 1. The minimum Gasteiger partial charge on any atom is -0.387 e. The first-order valence-electron chi connectivity index (χ1n) is 4.93. The lowest BCUT2D eigenvalue weighted by atomic mass is 10.1. The number of hydrogen-bond acceptors (Lipinski definition) is 2. The van der Waals surface area contributed by atoms with Gasteiger partial charge < -0.3 is 10.4 Å². The summed E-state index contributed by atoms with van der Waals surface area (Å²) in [5.74, 6) is -0.330. The van der Waals surface area contributed by atoms with Gasteiger partial charge in [-0.1, -0.05) is 18.2 Å². The van der Waals surface area contributed by atoms with Crippen LogP contribution >= 0.6 is 0 Å². The predicted molar refractivity (Wildman–Crippen MR) is 59.0 cm³/mol. The summed E-state index contributed by atoms with van der Waals surface area (Å²) in [5, 5.41) is 12.8. The lowest BCUT2D eigenvalue weighted by Crippen LogP contribution is -2.28. The van der Waals surface area contributed by atoms with E-state index in [0.29, 0.717) is 12.1 Å². The Morgan fingerprint density at radius 3 is 2.93 bits per heavy atom. The first-order valence-corrected chi connectivity index (χ1v) is 4.93. The summed E-state index contributed by atoms with van der Waals surface area (Å²) >= 11 is 0.